The van der Waals surface area contributed by atoms with Gasteiger partial charge in [-0.25, -0.2) is 0 Å². The highest BCUT2D eigenvalue weighted by Gasteiger charge is 2.14. The van der Waals surface area contributed by atoms with E-state index >= 15 is 0 Å². The van der Waals surface area contributed by atoms with E-state index in [2.05, 4.69) is 4.74 Å². The molecule has 82 valence electrons. The fourth-order valence-corrected chi connectivity index (χ4v) is 0.808. The van der Waals surface area contributed by atoms with Crippen LogP contribution in [0.5, 0.6) is 11.5 Å². The van der Waals surface area contributed by atoms with E-state index in [-0.39, 0.29) is 0 Å². The predicted molar refractivity (Wildman–Crippen MR) is 53.5 cm³/mol. The van der Waals surface area contributed by atoms with Crippen LogP contribution in [0.1, 0.15) is 12.4 Å². The summed E-state index contributed by atoms with van der Waals surface area (Å²) in [5.41, 5.74) is 4.74. The fourth-order valence-electron chi connectivity index (χ4n) is 0.808. The van der Waals surface area contributed by atoms with Gasteiger partial charge in [-0.1, -0.05) is 6.04 Å². The SMILES string of the molecule is [2H]c1c([2H])c(C([2H])[C@@]([2H])(N)C(=O)OC)c([2H])c(O)c1O. The minimum atomic E-state index is -2.63. The van der Waals surface area contributed by atoms with Crippen LogP contribution < -0.4 is 5.73 Å². The molecule has 4 N–H and O–H groups in total. The number of ether oxygens (including phenoxy) is 1. The molecule has 0 aliphatic rings. The number of nitrogens with two attached hydrogens (primary N) is 1. The van der Waals surface area contributed by atoms with Crippen molar-refractivity contribution in [1.82, 2.24) is 0 Å². The van der Waals surface area contributed by atoms with Gasteiger partial charge in [-0.05, 0) is 24.0 Å². The van der Waals surface area contributed by atoms with E-state index in [4.69, 9.17) is 12.6 Å². The molecule has 0 aromatic heterocycles. The van der Waals surface area contributed by atoms with Crippen molar-refractivity contribution in [2.24, 2.45) is 5.73 Å². The summed E-state index contributed by atoms with van der Waals surface area (Å²) in [4.78, 5) is 11.4. The van der Waals surface area contributed by atoms with Crippen LogP contribution in [0.4, 0.5) is 0 Å². The minimum Gasteiger partial charge on any atom is -0.504 e. The van der Waals surface area contributed by atoms with Gasteiger partial charge >= 0.3 is 5.97 Å². The summed E-state index contributed by atoms with van der Waals surface area (Å²) < 4.78 is 42.2. The highest BCUT2D eigenvalue weighted by molar-refractivity contribution is 5.75. The minimum absolute atomic E-state index is 0.617. The maximum absolute atomic E-state index is 11.4. The zero-order chi connectivity index (χ0) is 15.8. The first-order valence-electron chi connectivity index (χ1n) is 6.46. The molecule has 5 nitrogen and oxygen atoms in total. The second kappa shape index (κ2) is 4.65. The molecule has 0 aliphatic heterocycles. The Morgan fingerprint density at radius 3 is 3.00 bits per heavy atom. The Labute approximate surface area is 94.1 Å². The fraction of sp³-hybridized carbons (Fsp3) is 0.300. The lowest BCUT2D eigenvalue weighted by Crippen LogP contribution is -2.33. The number of carbonyl (C=O) groups is 1. The number of phenols is 2. The third kappa shape index (κ3) is 2.85. The smallest absolute Gasteiger partial charge is 0.322 e. The van der Waals surface area contributed by atoms with E-state index in [1.165, 1.54) is 0 Å². The Bertz CT molecular complexity index is 534. The van der Waals surface area contributed by atoms with E-state index in [0.29, 0.717) is 0 Å². The number of esters is 1. The first-order chi connectivity index (χ1) is 9.07. The van der Waals surface area contributed by atoms with E-state index < -0.39 is 53.6 Å². The molecule has 0 amide bonds. The molecule has 0 aliphatic carbocycles. The maximum atomic E-state index is 11.4. The molecule has 1 aromatic carbocycles. The molecule has 5 heteroatoms. The number of carbonyl (C=O) groups excluding carboxylic acids is 1. The van der Waals surface area contributed by atoms with Gasteiger partial charge in [0.05, 0.1) is 12.6 Å². The Morgan fingerprint density at radius 2 is 2.40 bits per heavy atom. The van der Waals surface area contributed by atoms with Crippen LogP contribution in [-0.2, 0) is 15.9 Å². The summed E-state index contributed by atoms with van der Waals surface area (Å²) in [5, 5.41) is 18.8. The topological polar surface area (TPSA) is 92.8 Å². The van der Waals surface area contributed by atoms with Crippen LogP contribution >= 0.6 is 0 Å². The van der Waals surface area contributed by atoms with Crippen molar-refractivity contribution in [3.63, 3.8) is 0 Å². The van der Waals surface area contributed by atoms with Crippen molar-refractivity contribution < 1.29 is 26.6 Å². The van der Waals surface area contributed by atoms with E-state index in [1.807, 2.05) is 0 Å². The summed E-state index contributed by atoms with van der Waals surface area (Å²) in [6.45, 7) is 0. The summed E-state index contributed by atoms with van der Waals surface area (Å²) in [5.74, 6) is -3.27. The summed E-state index contributed by atoms with van der Waals surface area (Å²) >= 11 is 0. The molecule has 1 rings (SSSR count). The lowest BCUT2D eigenvalue weighted by Gasteiger charge is -2.09. The molecule has 0 spiro atoms. The zero-order valence-corrected chi connectivity index (χ0v) is 7.87. The predicted octanol–water partition coefficient (Wildman–Crippen LogP) is 0.141. The molecule has 0 saturated carbocycles. The summed E-state index contributed by atoms with van der Waals surface area (Å²) in [6.07, 6.45) is -1.95. The number of rotatable bonds is 3. The number of benzene rings is 1. The second-order valence-corrected chi connectivity index (χ2v) is 2.58. The van der Waals surface area contributed by atoms with Crippen LogP contribution in [0, 0.1) is 0 Å². The van der Waals surface area contributed by atoms with Crippen molar-refractivity contribution in [3.05, 3.63) is 23.7 Å². The quantitative estimate of drug-likeness (QED) is 0.493. The van der Waals surface area contributed by atoms with E-state index in [0.717, 1.165) is 7.11 Å². The van der Waals surface area contributed by atoms with Gasteiger partial charge < -0.3 is 20.7 Å². The van der Waals surface area contributed by atoms with Crippen LogP contribution in [0.15, 0.2) is 18.1 Å². The molecule has 15 heavy (non-hydrogen) atoms. The van der Waals surface area contributed by atoms with Gasteiger partial charge in [0, 0.05) is 1.37 Å². The molecule has 0 fully saturated rings. The first kappa shape index (κ1) is 5.97. The Balaban J connectivity index is 3.52. The molecule has 0 bridgehead atoms. The molecule has 1 aromatic rings. The Kier molecular flexibility index (Phi) is 1.85. The lowest BCUT2D eigenvalue weighted by atomic mass is 10.1. The standard InChI is InChI=1S/C10H13NO4/c1-15-10(14)7(11)4-6-2-3-8(12)9(13)5-6/h2-3,5,7,12-13H,4,11H2,1H3/t7-/m1/s1/i2D,3D,4D,5D,7D/t4?,7-. The van der Waals surface area contributed by atoms with Crippen LogP contribution in [0.2, 0.25) is 0 Å². The van der Waals surface area contributed by atoms with Gasteiger partial charge in [0.1, 0.15) is 6.02 Å². The first-order valence-corrected chi connectivity index (χ1v) is 3.88. The third-order valence-corrected chi connectivity index (χ3v) is 1.51. The van der Waals surface area contributed by atoms with Gasteiger partial charge in [0.15, 0.2) is 11.5 Å². The number of hydrogen-bond donors (Lipinski definition) is 3. The normalized spacial score (nSPS) is 21.1. The van der Waals surface area contributed by atoms with Crippen molar-refractivity contribution in [2.75, 3.05) is 7.11 Å². The molecular weight excluding hydrogens is 198 g/mol. The molecule has 2 atom stereocenters. The maximum Gasteiger partial charge on any atom is 0.322 e. The van der Waals surface area contributed by atoms with E-state index in [9.17, 15) is 15.0 Å². The largest absolute Gasteiger partial charge is 0.504 e. The molecular formula is C10H13NO4. The average Bonchev–Trinajstić information content (AvgIpc) is 2.41. The Hall–Kier alpha value is -1.75. The van der Waals surface area contributed by atoms with E-state index in [1.54, 1.807) is 0 Å². The monoisotopic (exact) mass is 216 g/mol. The second-order valence-electron chi connectivity index (χ2n) is 2.58. The summed E-state index contributed by atoms with van der Waals surface area (Å²) in [6, 6.07) is -5.06. The highest BCUT2D eigenvalue weighted by atomic mass is 16.5. The molecule has 1 unspecified atom stereocenters. The van der Waals surface area contributed by atoms with Crippen LogP contribution in [0.3, 0.4) is 0 Å². The van der Waals surface area contributed by atoms with Crippen LogP contribution in [-0.4, -0.2) is 29.3 Å². The number of methoxy groups -OCH3 is 1. The van der Waals surface area contributed by atoms with Crippen molar-refractivity contribution in [3.8, 4) is 11.5 Å². The van der Waals surface area contributed by atoms with Crippen LogP contribution in [0.25, 0.3) is 0 Å². The van der Waals surface area contributed by atoms with Gasteiger partial charge in [-0.15, -0.1) is 0 Å². The average molecular weight is 216 g/mol. The van der Waals surface area contributed by atoms with Crippen molar-refractivity contribution >= 4 is 5.97 Å². The highest BCUT2D eigenvalue weighted by Crippen LogP contribution is 2.25. The van der Waals surface area contributed by atoms with Crippen molar-refractivity contribution in [1.29, 1.82) is 0 Å². The van der Waals surface area contributed by atoms with Crippen molar-refractivity contribution in [2.45, 2.75) is 12.4 Å². The molecule has 0 radical (unpaired) electrons. The molecule has 0 heterocycles. The third-order valence-electron chi connectivity index (χ3n) is 1.51. The Morgan fingerprint density at radius 1 is 1.73 bits per heavy atom. The number of hydrogen-bond acceptors (Lipinski definition) is 5. The van der Waals surface area contributed by atoms with Gasteiger partial charge in [-0.3, -0.25) is 4.79 Å². The van der Waals surface area contributed by atoms with Gasteiger partial charge in [0.2, 0.25) is 0 Å². The lowest BCUT2D eigenvalue weighted by molar-refractivity contribution is -0.142. The zero-order valence-electron chi connectivity index (χ0n) is 12.9. The number of aromatic hydroxyl groups is 2. The molecule has 0 saturated heterocycles. The van der Waals surface area contributed by atoms with Gasteiger partial charge in [-0.2, -0.15) is 0 Å². The number of phenolic OH excluding ortho intramolecular Hbond substituents is 2. The summed E-state index contributed by atoms with van der Waals surface area (Å²) in [7, 11) is 0.957. The van der Waals surface area contributed by atoms with Gasteiger partial charge in [0.25, 0.3) is 0 Å².